The number of carbonyl (C=O) groups excluding carboxylic acids is 1. The van der Waals surface area contributed by atoms with E-state index >= 15 is 0 Å². The molecule has 0 saturated carbocycles. The van der Waals surface area contributed by atoms with Gasteiger partial charge in [0.1, 0.15) is 11.5 Å². The third-order valence-electron chi connectivity index (χ3n) is 3.38. The van der Waals surface area contributed by atoms with Crippen molar-refractivity contribution in [3.8, 4) is 11.5 Å². The highest BCUT2D eigenvalue weighted by molar-refractivity contribution is 5.95. The normalized spacial score (nSPS) is 11.0. The van der Waals surface area contributed by atoms with E-state index in [9.17, 15) is 4.79 Å². The number of nitrogens with two attached hydrogens (primary N) is 1. The number of benzene rings is 2. The van der Waals surface area contributed by atoms with Crippen molar-refractivity contribution in [2.75, 3.05) is 0 Å². The summed E-state index contributed by atoms with van der Waals surface area (Å²) in [6, 6.07) is 15.3. The summed E-state index contributed by atoms with van der Waals surface area (Å²) in [4.78, 5) is 15.4. The van der Waals surface area contributed by atoms with Gasteiger partial charge >= 0.3 is 0 Å². The lowest BCUT2D eigenvalue weighted by atomic mass is 10.1. The molecule has 0 bridgehead atoms. The highest BCUT2D eigenvalue weighted by Gasteiger charge is 2.05. The van der Waals surface area contributed by atoms with Gasteiger partial charge < -0.3 is 10.5 Å². The zero-order valence-corrected chi connectivity index (χ0v) is 12.7. The zero-order valence-electron chi connectivity index (χ0n) is 12.7. The van der Waals surface area contributed by atoms with E-state index in [2.05, 4.69) is 4.98 Å². The van der Waals surface area contributed by atoms with E-state index in [4.69, 9.17) is 10.5 Å². The average Bonchev–Trinajstić information content (AvgIpc) is 2.52. The van der Waals surface area contributed by atoms with Crippen molar-refractivity contribution in [1.82, 2.24) is 4.98 Å². The number of aromatic nitrogens is 1. The number of rotatable bonds is 4. The molecule has 3 rings (SSSR count). The molecule has 0 saturated heterocycles. The van der Waals surface area contributed by atoms with Gasteiger partial charge in [0.05, 0.1) is 5.52 Å². The smallest absolute Gasteiger partial charge is 0.241 e. The number of hydrogen-bond donors (Lipinski definition) is 1. The summed E-state index contributed by atoms with van der Waals surface area (Å²) in [5, 5.41) is 0.932. The number of nitrogens with zero attached hydrogens (tertiary/aromatic N) is 1. The van der Waals surface area contributed by atoms with Crippen LogP contribution in [-0.4, -0.2) is 10.9 Å². The van der Waals surface area contributed by atoms with Gasteiger partial charge in [-0.1, -0.05) is 18.2 Å². The Labute approximate surface area is 134 Å². The highest BCUT2D eigenvalue weighted by atomic mass is 16.5. The van der Waals surface area contributed by atoms with Crippen molar-refractivity contribution in [2.24, 2.45) is 5.73 Å². The van der Waals surface area contributed by atoms with Gasteiger partial charge in [0.25, 0.3) is 0 Å². The first-order chi connectivity index (χ1) is 11.1. The summed E-state index contributed by atoms with van der Waals surface area (Å²) in [5.74, 6) is 0.920. The Bertz CT molecular complexity index is 901. The molecule has 0 unspecified atom stereocenters. The third kappa shape index (κ3) is 3.55. The van der Waals surface area contributed by atoms with E-state index in [0.717, 1.165) is 27.8 Å². The van der Waals surface area contributed by atoms with Crippen molar-refractivity contribution in [3.05, 3.63) is 71.9 Å². The average molecular weight is 304 g/mol. The van der Waals surface area contributed by atoms with E-state index in [1.54, 1.807) is 12.3 Å². The summed E-state index contributed by atoms with van der Waals surface area (Å²) < 4.78 is 5.92. The molecule has 23 heavy (non-hydrogen) atoms. The van der Waals surface area contributed by atoms with Crippen LogP contribution in [0.5, 0.6) is 11.5 Å². The second-order valence-corrected chi connectivity index (χ2v) is 5.24. The monoisotopic (exact) mass is 304 g/mol. The molecule has 0 radical (unpaired) electrons. The van der Waals surface area contributed by atoms with Gasteiger partial charge in [-0.15, -0.1) is 0 Å². The highest BCUT2D eigenvalue weighted by Crippen LogP contribution is 2.29. The number of hydrogen-bond acceptors (Lipinski definition) is 3. The molecular weight excluding hydrogens is 288 g/mol. The van der Waals surface area contributed by atoms with E-state index in [1.807, 2.05) is 55.5 Å². The van der Waals surface area contributed by atoms with Crippen LogP contribution in [0.2, 0.25) is 0 Å². The van der Waals surface area contributed by atoms with Crippen molar-refractivity contribution < 1.29 is 9.53 Å². The number of aryl methyl sites for hydroxylation is 1. The van der Waals surface area contributed by atoms with Crippen molar-refractivity contribution in [2.45, 2.75) is 6.92 Å². The topological polar surface area (TPSA) is 65.2 Å². The molecule has 0 aliphatic carbocycles. The van der Waals surface area contributed by atoms with Crippen LogP contribution in [0.4, 0.5) is 0 Å². The summed E-state index contributed by atoms with van der Waals surface area (Å²) in [6.07, 6.45) is 4.73. The SMILES string of the molecule is Cc1cccc(Oc2cc(/C=C/C(N)=O)c3cccnc3c2)c1. The Hall–Kier alpha value is -3.14. The molecule has 0 aliphatic rings. The van der Waals surface area contributed by atoms with Crippen LogP contribution in [0.15, 0.2) is 60.8 Å². The molecule has 0 fully saturated rings. The number of primary amides is 1. The maximum atomic E-state index is 11.0. The number of amides is 1. The van der Waals surface area contributed by atoms with Crippen LogP contribution in [0, 0.1) is 6.92 Å². The van der Waals surface area contributed by atoms with Gasteiger partial charge in [-0.2, -0.15) is 0 Å². The fourth-order valence-corrected chi connectivity index (χ4v) is 2.37. The minimum absolute atomic E-state index is 0.493. The second kappa shape index (κ2) is 6.32. The lowest BCUT2D eigenvalue weighted by Crippen LogP contribution is -2.05. The second-order valence-electron chi connectivity index (χ2n) is 5.24. The number of pyridine rings is 1. The van der Waals surface area contributed by atoms with Crippen molar-refractivity contribution in [1.29, 1.82) is 0 Å². The Balaban J connectivity index is 2.05. The van der Waals surface area contributed by atoms with Gasteiger partial charge in [-0.3, -0.25) is 9.78 Å². The predicted molar refractivity (Wildman–Crippen MR) is 91.2 cm³/mol. The lowest BCUT2D eigenvalue weighted by Gasteiger charge is -2.09. The van der Waals surface area contributed by atoms with Crippen LogP contribution in [0.3, 0.4) is 0 Å². The molecule has 2 aromatic carbocycles. The first-order valence-corrected chi connectivity index (χ1v) is 7.22. The number of carbonyl (C=O) groups is 1. The van der Waals surface area contributed by atoms with Gasteiger partial charge in [-0.05, 0) is 48.4 Å². The van der Waals surface area contributed by atoms with Gasteiger partial charge in [0.2, 0.25) is 5.91 Å². The number of ether oxygens (including phenoxy) is 1. The standard InChI is InChI=1S/C19H16N2O2/c1-13-4-2-5-15(10-13)23-16-11-14(7-8-19(20)22)17-6-3-9-21-18(17)12-16/h2-12H,1H3,(H2,20,22)/b8-7+. The molecule has 114 valence electrons. The minimum Gasteiger partial charge on any atom is -0.457 e. The van der Waals surface area contributed by atoms with Crippen LogP contribution in [0.1, 0.15) is 11.1 Å². The Kier molecular flexibility index (Phi) is 4.06. The zero-order chi connectivity index (χ0) is 16.2. The molecule has 4 nitrogen and oxygen atoms in total. The molecule has 0 atom stereocenters. The Morgan fingerprint density at radius 3 is 2.78 bits per heavy atom. The van der Waals surface area contributed by atoms with Crippen LogP contribution >= 0.6 is 0 Å². The molecule has 0 aliphatic heterocycles. The van der Waals surface area contributed by atoms with Crippen molar-refractivity contribution >= 4 is 22.9 Å². The van der Waals surface area contributed by atoms with Gasteiger partial charge in [0, 0.05) is 23.7 Å². The summed E-state index contributed by atoms with van der Waals surface area (Å²) in [6.45, 7) is 2.01. The molecule has 4 heteroatoms. The van der Waals surface area contributed by atoms with E-state index in [0.29, 0.717) is 5.75 Å². The van der Waals surface area contributed by atoms with Crippen LogP contribution in [0.25, 0.3) is 17.0 Å². The summed E-state index contributed by atoms with van der Waals surface area (Å²) in [7, 11) is 0. The quantitative estimate of drug-likeness (QED) is 0.745. The largest absolute Gasteiger partial charge is 0.457 e. The summed E-state index contributed by atoms with van der Waals surface area (Å²) in [5.41, 5.74) is 7.93. The fraction of sp³-hybridized carbons (Fsp3) is 0.0526. The predicted octanol–water partition coefficient (Wildman–Crippen LogP) is 3.83. The van der Waals surface area contributed by atoms with E-state index in [-0.39, 0.29) is 0 Å². The third-order valence-corrected chi connectivity index (χ3v) is 3.38. The van der Waals surface area contributed by atoms with E-state index in [1.165, 1.54) is 6.08 Å². The molecule has 1 amide bonds. The van der Waals surface area contributed by atoms with Gasteiger partial charge in [0.15, 0.2) is 0 Å². The molecule has 1 aromatic heterocycles. The molecule has 2 N–H and O–H groups in total. The Morgan fingerprint density at radius 2 is 2.00 bits per heavy atom. The molecule has 3 aromatic rings. The molecule has 1 heterocycles. The molecular formula is C19H16N2O2. The van der Waals surface area contributed by atoms with Crippen molar-refractivity contribution in [3.63, 3.8) is 0 Å². The maximum Gasteiger partial charge on any atom is 0.241 e. The van der Waals surface area contributed by atoms with Crippen LogP contribution in [-0.2, 0) is 4.79 Å². The Morgan fingerprint density at radius 1 is 1.13 bits per heavy atom. The number of fused-ring (bicyclic) bond motifs is 1. The fourth-order valence-electron chi connectivity index (χ4n) is 2.37. The summed E-state index contributed by atoms with van der Waals surface area (Å²) >= 11 is 0. The van der Waals surface area contributed by atoms with Gasteiger partial charge in [-0.25, -0.2) is 0 Å². The lowest BCUT2D eigenvalue weighted by molar-refractivity contribution is -0.113. The van der Waals surface area contributed by atoms with Crippen LogP contribution < -0.4 is 10.5 Å². The first-order valence-electron chi connectivity index (χ1n) is 7.22. The first kappa shape index (κ1) is 14.8. The molecule has 0 spiro atoms. The minimum atomic E-state index is -0.493. The maximum absolute atomic E-state index is 11.0. The van der Waals surface area contributed by atoms with E-state index < -0.39 is 5.91 Å².